The predicted molar refractivity (Wildman–Crippen MR) is 80.6 cm³/mol. The number of carbonyl (C=O) groups excluding carboxylic acids is 1. The Morgan fingerprint density at radius 3 is 2.86 bits per heavy atom. The van der Waals surface area contributed by atoms with Crippen molar-refractivity contribution in [1.29, 1.82) is 0 Å². The Morgan fingerprint density at radius 2 is 2.10 bits per heavy atom. The molecule has 0 aliphatic carbocycles. The SMILES string of the molecule is O=C(O)CCCNC(=O)Nc1ccc(Cl)c2cccnc12. The maximum Gasteiger partial charge on any atom is 0.319 e. The van der Waals surface area contributed by atoms with Crippen LogP contribution in [-0.2, 0) is 4.79 Å². The Bertz CT molecular complexity index is 676. The van der Waals surface area contributed by atoms with Crippen LogP contribution in [-0.4, -0.2) is 28.6 Å². The quantitative estimate of drug-likeness (QED) is 0.741. The number of pyridine rings is 1. The minimum Gasteiger partial charge on any atom is -0.481 e. The Morgan fingerprint density at radius 1 is 1.29 bits per heavy atom. The summed E-state index contributed by atoms with van der Waals surface area (Å²) in [5.74, 6) is -0.884. The third-order valence-electron chi connectivity index (χ3n) is 2.82. The minimum absolute atomic E-state index is 0.0196. The van der Waals surface area contributed by atoms with Crippen LogP contribution in [0.2, 0.25) is 5.02 Å². The summed E-state index contributed by atoms with van der Waals surface area (Å²) in [6, 6.07) is 6.54. The highest BCUT2D eigenvalue weighted by Crippen LogP contribution is 2.27. The van der Waals surface area contributed by atoms with Gasteiger partial charge in [0.15, 0.2) is 0 Å². The molecule has 0 atom stereocenters. The van der Waals surface area contributed by atoms with Crippen molar-refractivity contribution in [3.05, 3.63) is 35.5 Å². The Hall–Kier alpha value is -2.34. The van der Waals surface area contributed by atoms with Gasteiger partial charge in [-0.15, -0.1) is 0 Å². The fourth-order valence-electron chi connectivity index (χ4n) is 1.85. The Balaban J connectivity index is 2.01. The molecule has 7 heteroatoms. The van der Waals surface area contributed by atoms with Gasteiger partial charge in [0.2, 0.25) is 0 Å². The van der Waals surface area contributed by atoms with Gasteiger partial charge in [0.25, 0.3) is 0 Å². The lowest BCUT2D eigenvalue weighted by molar-refractivity contribution is -0.137. The van der Waals surface area contributed by atoms with E-state index in [4.69, 9.17) is 16.7 Å². The summed E-state index contributed by atoms with van der Waals surface area (Å²) in [6.07, 6.45) is 2.02. The number of nitrogens with zero attached hydrogens (tertiary/aromatic N) is 1. The fraction of sp³-hybridized carbons (Fsp3) is 0.214. The summed E-state index contributed by atoms with van der Waals surface area (Å²) >= 11 is 6.07. The molecule has 2 rings (SSSR count). The van der Waals surface area contributed by atoms with Crippen molar-refractivity contribution in [2.75, 3.05) is 11.9 Å². The molecule has 2 aromatic rings. The summed E-state index contributed by atoms with van der Waals surface area (Å²) in [4.78, 5) is 26.3. The van der Waals surface area contributed by atoms with E-state index in [1.807, 2.05) is 6.07 Å². The van der Waals surface area contributed by atoms with Crippen molar-refractivity contribution in [1.82, 2.24) is 10.3 Å². The van der Waals surface area contributed by atoms with E-state index in [9.17, 15) is 9.59 Å². The summed E-state index contributed by atoms with van der Waals surface area (Å²) in [6.45, 7) is 0.289. The zero-order valence-electron chi connectivity index (χ0n) is 11.1. The number of nitrogens with one attached hydrogen (secondary N) is 2. The number of anilines is 1. The molecule has 0 saturated heterocycles. The molecule has 21 heavy (non-hydrogen) atoms. The molecule has 1 heterocycles. The first-order valence-corrected chi connectivity index (χ1v) is 6.75. The van der Waals surface area contributed by atoms with Gasteiger partial charge in [0.1, 0.15) is 0 Å². The first kappa shape index (κ1) is 15.1. The third kappa shape index (κ3) is 4.06. The van der Waals surface area contributed by atoms with Crippen LogP contribution in [0.4, 0.5) is 10.5 Å². The summed E-state index contributed by atoms with van der Waals surface area (Å²) in [5.41, 5.74) is 1.15. The average molecular weight is 308 g/mol. The van der Waals surface area contributed by atoms with Gasteiger partial charge in [0.05, 0.1) is 16.2 Å². The normalized spacial score (nSPS) is 10.3. The van der Waals surface area contributed by atoms with E-state index in [-0.39, 0.29) is 13.0 Å². The fourth-order valence-corrected chi connectivity index (χ4v) is 2.06. The second-order valence-corrected chi connectivity index (χ2v) is 4.78. The van der Waals surface area contributed by atoms with Gasteiger partial charge in [-0.3, -0.25) is 9.78 Å². The highest BCUT2D eigenvalue weighted by atomic mass is 35.5. The van der Waals surface area contributed by atoms with E-state index in [0.717, 1.165) is 5.39 Å². The second-order valence-electron chi connectivity index (χ2n) is 4.37. The van der Waals surface area contributed by atoms with Gasteiger partial charge < -0.3 is 15.7 Å². The molecule has 1 aromatic carbocycles. The highest BCUT2D eigenvalue weighted by molar-refractivity contribution is 6.35. The van der Waals surface area contributed by atoms with Gasteiger partial charge in [0, 0.05) is 24.5 Å². The number of hydrogen-bond donors (Lipinski definition) is 3. The number of fused-ring (bicyclic) bond motifs is 1. The van der Waals surface area contributed by atoms with E-state index >= 15 is 0 Å². The third-order valence-corrected chi connectivity index (χ3v) is 3.15. The Labute approximate surface area is 126 Å². The van der Waals surface area contributed by atoms with E-state index in [0.29, 0.717) is 22.6 Å². The number of carbonyl (C=O) groups is 2. The van der Waals surface area contributed by atoms with E-state index in [1.165, 1.54) is 0 Å². The van der Waals surface area contributed by atoms with Crippen LogP contribution in [0.5, 0.6) is 0 Å². The maximum absolute atomic E-state index is 11.8. The van der Waals surface area contributed by atoms with Crippen molar-refractivity contribution >= 4 is 40.2 Å². The highest BCUT2D eigenvalue weighted by Gasteiger charge is 2.08. The lowest BCUT2D eigenvalue weighted by Gasteiger charge is -2.10. The molecule has 0 aliphatic heterocycles. The molecule has 0 bridgehead atoms. The van der Waals surface area contributed by atoms with Crippen LogP contribution < -0.4 is 10.6 Å². The monoisotopic (exact) mass is 307 g/mol. The number of halogens is 1. The van der Waals surface area contributed by atoms with Gasteiger partial charge >= 0.3 is 12.0 Å². The van der Waals surface area contributed by atoms with Gasteiger partial charge in [-0.2, -0.15) is 0 Å². The van der Waals surface area contributed by atoms with Crippen LogP contribution in [0.25, 0.3) is 10.9 Å². The average Bonchev–Trinajstić information content (AvgIpc) is 2.47. The van der Waals surface area contributed by atoms with Gasteiger partial charge in [-0.1, -0.05) is 11.6 Å². The first-order chi connectivity index (χ1) is 10.1. The molecule has 0 spiro atoms. The molecule has 0 fully saturated rings. The number of amides is 2. The van der Waals surface area contributed by atoms with Crippen LogP contribution in [0, 0.1) is 0 Å². The van der Waals surface area contributed by atoms with Crippen LogP contribution in [0.1, 0.15) is 12.8 Å². The molecule has 0 saturated carbocycles. The minimum atomic E-state index is -0.884. The number of carboxylic acids is 1. The van der Waals surface area contributed by atoms with Gasteiger partial charge in [-0.05, 0) is 30.7 Å². The topological polar surface area (TPSA) is 91.3 Å². The predicted octanol–water partition coefficient (Wildman–Crippen LogP) is 2.87. The van der Waals surface area contributed by atoms with Crippen molar-refractivity contribution in [2.24, 2.45) is 0 Å². The number of carboxylic acid groups (broad SMARTS) is 1. The molecule has 0 radical (unpaired) electrons. The number of aliphatic carboxylic acids is 1. The van der Waals surface area contributed by atoms with Crippen molar-refractivity contribution in [3.8, 4) is 0 Å². The summed E-state index contributed by atoms with van der Waals surface area (Å²) in [5, 5.41) is 15.1. The lowest BCUT2D eigenvalue weighted by atomic mass is 10.2. The smallest absolute Gasteiger partial charge is 0.319 e. The van der Waals surface area contributed by atoms with E-state index < -0.39 is 12.0 Å². The number of urea groups is 1. The molecule has 0 unspecified atom stereocenters. The molecule has 6 nitrogen and oxygen atoms in total. The molecule has 3 N–H and O–H groups in total. The van der Waals surface area contributed by atoms with Crippen LogP contribution in [0.15, 0.2) is 30.5 Å². The van der Waals surface area contributed by atoms with Gasteiger partial charge in [-0.25, -0.2) is 4.79 Å². The molecular weight excluding hydrogens is 294 g/mol. The van der Waals surface area contributed by atoms with Crippen LogP contribution in [0.3, 0.4) is 0 Å². The van der Waals surface area contributed by atoms with Crippen molar-refractivity contribution in [3.63, 3.8) is 0 Å². The number of hydrogen-bond acceptors (Lipinski definition) is 3. The first-order valence-electron chi connectivity index (χ1n) is 6.38. The van der Waals surface area contributed by atoms with Crippen molar-refractivity contribution in [2.45, 2.75) is 12.8 Å². The molecule has 0 aliphatic rings. The lowest BCUT2D eigenvalue weighted by Crippen LogP contribution is -2.29. The number of aromatic nitrogens is 1. The molecule has 1 aromatic heterocycles. The number of rotatable bonds is 5. The van der Waals surface area contributed by atoms with E-state index in [1.54, 1.807) is 24.4 Å². The van der Waals surface area contributed by atoms with E-state index in [2.05, 4.69) is 15.6 Å². The summed E-state index contributed by atoms with van der Waals surface area (Å²) < 4.78 is 0. The zero-order chi connectivity index (χ0) is 15.2. The summed E-state index contributed by atoms with van der Waals surface area (Å²) in [7, 11) is 0. The number of benzene rings is 1. The maximum atomic E-state index is 11.8. The zero-order valence-corrected chi connectivity index (χ0v) is 11.9. The molecular formula is C14H14ClN3O3. The second kappa shape index (κ2) is 6.90. The molecule has 110 valence electrons. The van der Waals surface area contributed by atoms with Crippen molar-refractivity contribution < 1.29 is 14.7 Å². The standard InChI is InChI=1S/C14H14ClN3O3/c15-10-5-6-11(13-9(10)3-1-7-16-13)18-14(21)17-8-2-4-12(19)20/h1,3,5-7H,2,4,8H2,(H,19,20)(H2,17,18,21). The Kier molecular flexibility index (Phi) is 4.94. The van der Waals surface area contributed by atoms with Crippen LogP contribution >= 0.6 is 11.6 Å². The largest absolute Gasteiger partial charge is 0.481 e. The molecule has 2 amide bonds.